The van der Waals surface area contributed by atoms with E-state index in [0.717, 1.165) is 15.6 Å². The van der Waals surface area contributed by atoms with Crippen molar-refractivity contribution < 1.29 is 9.18 Å². The maximum Gasteiger partial charge on any atom is 0.260 e. The van der Waals surface area contributed by atoms with Gasteiger partial charge in [-0.25, -0.2) is 4.39 Å². The molecule has 0 aromatic heterocycles. The highest BCUT2D eigenvalue weighted by atomic mass is 79.9. The lowest BCUT2D eigenvalue weighted by atomic mass is 10.1. The third-order valence-electron chi connectivity index (χ3n) is 4.13. The number of benzene rings is 3. The molecule has 0 aliphatic carbocycles. The summed E-state index contributed by atoms with van der Waals surface area (Å²) in [6.45, 7) is 2.15. The fourth-order valence-corrected chi connectivity index (χ4v) is 3.24. The van der Waals surface area contributed by atoms with E-state index in [9.17, 15) is 9.18 Å². The summed E-state index contributed by atoms with van der Waals surface area (Å²) < 4.78 is 14.8. The molecule has 0 bridgehead atoms. The van der Waals surface area contributed by atoms with Crippen LogP contribution in [0.4, 0.5) is 15.8 Å². The van der Waals surface area contributed by atoms with Gasteiger partial charge in [-0.05, 0) is 54.4 Å². The Bertz CT molecular complexity index is 958. The van der Waals surface area contributed by atoms with Gasteiger partial charge >= 0.3 is 0 Å². The first-order valence-electron chi connectivity index (χ1n) is 8.12. The highest BCUT2D eigenvalue weighted by Crippen LogP contribution is 2.27. The monoisotopic (exact) mass is 412 g/mol. The molecule has 0 radical (unpaired) electrons. The first kappa shape index (κ1) is 18.1. The fraction of sp³-hybridized carbons (Fsp3) is 0.0952. The largest absolute Gasteiger partial charge is 0.398 e. The minimum atomic E-state index is -0.390. The van der Waals surface area contributed by atoms with E-state index in [1.165, 1.54) is 12.1 Å². The molecule has 0 fully saturated rings. The molecule has 0 unspecified atom stereocenters. The summed E-state index contributed by atoms with van der Waals surface area (Å²) >= 11 is 3.44. The number of aryl methyl sites for hydroxylation is 1. The van der Waals surface area contributed by atoms with Crippen LogP contribution < -0.4 is 10.6 Å². The molecule has 1 amide bonds. The summed E-state index contributed by atoms with van der Waals surface area (Å²) in [5, 5.41) is 0. The van der Waals surface area contributed by atoms with E-state index in [0.29, 0.717) is 23.5 Å². The number of nitrogens with zero attached hydrogens (tertiary/aromatic N) is 1. The topological polar surface area (TPSA) is 46.3 Å². The van der Waals surface area contributed by atoms with Gasteiger partial charge in [0, 0.05) is 10.2 Å². The molecule has 132 valence electrons. The van der Waals surface area contributed by atoms with Gasteiger partial charge in [0.25, 0.3) is 5.91 Å². The van der Waals surface area contributed by atoms with Crippen molar-refractivity contribution in [2.75, 3.05) is 10.6 Å². The third kappa shape index (κ3) is 3.94. The molecule has 26 heavy (non-hydrogen) atoms. The molecular formula is C21H18BrFN2O. The number of para-hydroxylation sites is 1. The normalized spacial score (nSPS) is 10.6. The van der Waals surface area contributed by atoms with Gasteiger partial charge in [-0.15, -0.1) is 0 Å². The Labute approximate surface area is 160 Å². The van der Waals surface area contributed by atoms with Crippen LogP contribution in [-0.2, 0) is 6.54 Å². The fourth-order valence-electron chi connectivity index (χ4n) is 2.79. The highest BCUT2D eigenvalue weighted by Gasteiger charge is 2.22. The van der Waals surface area contributed by atoms with Gasteiger partial charge in [-0.3, -0.25) is 4.79 Å². The van der Waals surface area contributed by atoms with E-state index >= 15 is 0 Å². The minimum Gasteiger partial charge on any atom is -0.398 e. The van der Waals surface area contributed by atoms with E-state index in [1.807, 2.05) is 31.2 Å². The van der Waals surface area contributed by atoms with Crippen molar-refractivity contribution in [3.05, 3.63) is 93.7 Å². The highest BCUT2D eigenvalue weighted by molar-refractivity contribution is 9.10. The number of rotatable bonds is 4. The number of nitrogens with two attached hydrogens (primary N) is 1. The molecule has 0 saturated heterocycles. The van der Waals surface area contributed by atoms with Crippen LogP contribution in [0.5, 0.6) is 0 Å². The van der Waals surface area contributed by atoms with Crippen LogP contribution in [0, 0.1) is 12.7 Å². The quantitative estimate of drug-likeness (QED) is 0.588. The van der Waals surface area contributed by atoms with Gasteiger partial charge in [0.2, 0.25) is 0 Å². The summed E-state index contributed by atoms with van der Waals surface area (Å²) in [5.41, 5.74) is 9.04. The first-order chi connectivity index (χ1) is 12.5. The zero-order chi connectivity index (χ0) is 18.7. The van der Waals surface area contributed by atoms with E-state index in [4.69, 9.17) is 5.73 Å². The Balaban J connectivity index is 2.08. The Morgan fingerprint density at radius 3 is 2.58 bits per heavy atom. The zero-order valence-electron chi connectivity index (χ0n) is 14.2. The molecule has 0 atom stereocenters. The Morgan fingerprint density at radius 2 is 1.85 bits per heavy atom. The summed E-state index contributed by atoms with van der Waals surface area (Å²) in [4.78, 5) is 14.8. The predicted molar refractivity (Wildman–Crippen MR) is 107 cm³/mol. The molecular weight excluding hydrogens is 395 g/mol. The minimum absolute atomic E-state index is 0.267. The number of carbonyl (C=O) groups excluding carboxylic acids is 1. The molecule has 3 nitrogen and oxygen atoms in total. The second-order valence-electron chi connectivity index (χ2n) is 6.04. The molecule has 5 heteroatoms. The van der Waals surface area contributed by atoms with Crippen molar-refractivity contribution in [1.29, 1.82) is 0 Å². The summed E-state index contributed by atoms with van der Waals surface area (Å²) in [6.07, 6.45) is 0. The van der Waals surface area contributed by atoms with Gasteiger partial charge in [-0.2, -0.15) is 0 Å². The average Bonchev–Trinajstić information content (AvgIpc) is 2.62. The molecule has 0 saturated carbocycles. The Hall–Kier alpha value is -2.66. The maximum absolute atomic E-state index is 13.9. The van der Waals surface area contributed by atoms with Crippen LogP contribution in [0.2, 0.25) is 0 Å². The van der Waals surface area contributed by atoms with Crippen molar-refractivity contribution >= 4 is 33.2 Å². The van der Waals surface area contributed by atoms with Gasteiger partial charge in [0.05, 0.1) is 17.8 Å². The number of amides is 1. The van der Waals surface area contributed by atoms with Gasteiger partial charge in [-0.1, -0.05) is 46.3 Å². The molecule has 0 aliphatic rings. The van der Waals surface area contributed by atoms with Crippen LogP contribution in [-0.4, -0.2) is 5.91 Å². The number of hydrogen-bond donors (Lipinski definition) is 1. The average molecular weight is 413 g/mol. The van der Waals surface area contributed by atoms with Crippen molar-refractivity contribution in [3.63, 3.8) is 0 Å². The van der Waals surface area contributed by atoms with Crippen LogP contribution in [0.15, 0.2) is 71.2 Å². The van der Waals surface area contributed by atoms with Crippen LogP contribution in [0.25, 0.3) is 0 Å². The van der Waals surface area contributed by atoms with E-state index < -0.39 is 5.82 Å². The standard InChI is InChI=1S/C21H18BrFN2O/c1-14-9-10-17(23)12-20(14)25(13-15-5-4-6-16(22)11-15)21(26)18-7-2-3-8-19(18)24/h2-12H,13,24H2,1H3. The van der Waals surface area contributed by atoms with Crippen LogP contribution in [0.3, 0.4) is 0 Å². The number of halogens is 2. The van der Waals surface area contributed by atoms with Gasteiger partial charge in [0.15, 0.2) is 0 Å². The zero-order valence-corrected chi connectivity index (χ0v) is 15.8. The second-order valence-corrected chi connectivity index (χ2v) is 6.95. The summed E-state index contributed by atoms with van der Waals surface area (Å²) in [5.74, 6) is -0.657. The van der Waals surface area contributed by atoms with Crippen molar-refractivity contribution in [3.8, 4) is 0 Å². The van der Waals surface area contributed by atoms with Gasteiger partial charge < -0.3 is 10.6 Å². The number of nitrogen functional groups attached to an aromatic ring is 1. The molecule has 0 spiro atoms. The number of carbonyl (C=O) groups is 1. The lowest BCUT2D eigenvalue weighted by Gasteiger charge is -2.25. The Kier molecular flexibility index (Phi) is 5.38. The smallest absolute Gasteiger partial charge is 0.260 e. The van der Waals surface area contributed by atoms with Crippen LogP contribution in [0.1, 0.15) is 21.5 Å². The van der Waals surface area contributed by atoms with Gasteiger partial charge in [0.1, 0.15) is 5.82 Å². The first-order valence-corrected chi connectivity index (χ1v) is 8.92. The summed E-state index contributed by atoms with van der Waals surface area (Å²) in [7, 11) is 0. The number of anilines is 2. The van der Waals surface area contributed by atoms with E-state index in [1.54, 1.807) is 35.2 Å². The lowest BCUT2D eigenvalue weighted by molar-refractivity contribution is 0.0986. The molecule has 3 aromatic rings. The molecule has 0 aliphatic heterocycles. The SMILES string of the molecule is Cc1ccc(F)cc1N(Cc1cccc(Br)c1)C(=O)c1ccccc1N. The van der Waals surface area contributed by atoms with Crippen molar-refractivity contribution in [2.24, 2.45) is 0 Å². The van der Waals surface area contributed by atoms with Crippen molar-refractivity contribution in [1.82, 2.24) is 0 Å². The van der Waals surface area contributed by atoms with Crippen LogP contribution >= 0.6 is 15.9 Å². The third-order valence-corrected chi connectivity index (χ3v) is 4.62. The lowest BCUT2D eigenvalue weighted by Crippen LogP contribution is -2.31. The second kappa shape index (κ2) is 7.70. The molecule has 3 rings (SSSR count). The number of hydrogen-bond acceptors (Lipinski definition) is 2. The molecule has 3 aromatic carbocycles. The maximum atomic E-state index is 13.9. The predicted octanol–water partition coefficient (Wildman–Crippen LogP) is 5.33. The summed E-state index contributed by atoms with van der Waals surface area (Å²) in [6, 6.07) is 19.0. The van der Waals surface area contributed by atoms with E-state index in [-0.39, 0.29) is 5.91 Å². The van der Waals surface area contributed by atoms with Crippen molar-refractivity contribution in [2.45, 2.75) is 13.5 Å². The Morgan fingerprint density at radius 1 is 1.08 bits per heavy atom. The molecule has 2 N–H and O–H groups in total. The van der Waals surface area contributed by atoms with E-state index in [2.05, 4.69) is 15.9 Å². The molecule has 0 heterocycles.